The summed E-state index contributed by atoms with van der Waals surface area (Å²) in [4.78, 5) is 16.1. The standard InChI is InChI=1S/C24H32N2O3S/c27-23(24-13-16-9-17(14-24)11-18(10-16)15-24)26-8-7-19-12-21(5-6-22(19)26)30(28,29)25-20-3-1-2-4-20/h5-6,12,16-18,20,25H,1-4,7-11,13-15H2. The second-order valence-corrected chi connectivity index (χ2v) is 12.5. The topological polar surface area (TPSA) is 66.5 Å². The molecule has 6 aliphatic rings. The first-order chi connectivity index (χ1) is 14.4. The van der Waals surface area contributed by atoms with Gasteiger partial charge in [0.1, 0.15) is 0 Å². The number of carbonyl (C=O) groups excluding carboxylic acids is 1. The maximum atomic E-state index is 13.8. The van der Waals surface area contributed by atoms with E-state index in [2.05, 4.69) is 4.72 Å². The van der Waals surface area contributed by atoms with E-state index < -0.39 is 10.0 Å². The van der Waals surface area contributed by atoms with E-state index in [1.54, 1.807) is 12.1 Å². The van der Waals surface area contributed by atoms with Gasteiger partial charge < -0.3 is 4.90 Å². The first-order valence-corrected chi connectivity index (χ1v) is 13.4. The van der Waals surface area contributed by atoms with Gasteiger partial charge in [-0.2, -0.15) is 0 Å². The van der Waals surface area contributed by atoms with E-state index in [0.717, 1.165) is 80.4 Å². The number of nitrogens with one attached hydrogen (secondary N) is 1. The van der Waals surface area contributed by atoms with Gasteiger partial charge in [0.05, 0.1) is 10.3 Å². The van der Waals surface area contributed by atoms with Gasteiger partial charge in [-0.1, -0.05) is 12.8 Å². The highest BCUT2D eigenvalue weighted by molar-refractivity contribution is 7.89. The van der Waals surface area contributed by atoms with Crippen molar-refractivity contribution in [1.82, 2.24) is 4.72 Å². The van der Waals surface area contributed by atoms with Gasteiger partial charge in [-0.25, -0.2) is 13.1 Å². The molecule has 1 amide bonds. The Balaban J connectivity index is 1.25. The molecular formula is C24H32N2O3S. The Morgan fingerprint density at radius 1 is 1.00 bits per heavy atom. The van der Waals surface area contributed by atoms with E-state index in [9.17, 15) is 13.2 Å². The fourth-order valence-electron chi connectivity index (χ4n) is 7.75. The van der Waals surface area contributed by atoms with E-state index >= 15 is 0 Å². The highest BCUT2D eigenvalue weighted by Gasteiger charge is 2.56. The van der Waals surface area contributed by atoms with Gasteiger partial charge in [0.25, 0.3) is 0 Å². The van der Waals surface area contributed by atoms with E-state index in [0.29, 0.717) is 17.3 Å². The molecule has 1 N–H and O–H groups in total. The second-order valence-electron chi connectivity index (χ2n) is 10.8. The number of nitrogens with zero attached hydrogens (tertiary/aromatic N) is 1. The summed E-state index contributed by atoms with van der Waals surface area (Å²) in [7, 11) is -3.49. The maximum Gasteiger partial charge on any atom is 0.240 e. The van der Waals surface area contributed by atoms with Crippen LogP contribution in [0.5, 0.6) is 0 Å². The van der Waals surface area contributed by atoms with Crippen molar-refractivity contribution >= 4 is 21.6 Å². The molecule has 1 heterocycles. The van der Waals surface area contributed by atoms with Gasteiger partial charge in [0, 0.05) is 18.3 Å². The number of hydrogen-bond donors (Lipinski definition) is 1. The predicted molar refractivity (Wildman–Crippen MR) is 116 cm³/mol. The zero-order valence-corrected chi connectivity index (χ0v) is 18.4. The normalized spacial score (nSPS) is 35.2. The Morgan fingerprint density at radius 3 is 2.27 bits per heavy atom. The van der Waals surface area contributed by atoms with Crippen molar-refractivity contribution in [2.45, 2.75) is 81.6 Å². The highest BCUT2D eigenvalue weighted by Crippen LogP contribution is 2.61. The van der Waals surface area contributed by atoms with Gasteiger partial charge in [-0.05, 0) is 99.3 Å². The number of amides is 1. The molecule has 5 fully saturated rings. The van der Waals surface area contributed by atoms with Crippen molar-refractivity contribution in [3.05, 3.63) is 23.8 Å². The number of benzene rings is 1. The van der Waals surface area contributed by atoms with Gasteiger partial charge in [0.2, 0.25) is 15.9 Å². The SMILES string of the molecule is O=C(N1CCc2cc(S(=O)(=O)NC3CCCC3)ccc21)C12CC3CC(CC(C3)C1)C2. The van der Waals surface area contributed by atoms with Crippen LogP contribution in [0.15, 0.2) is 23.1 Å². The van der Waals surface area contributed by atoms with Crippen molar-refractivity contribution in [1.29, 1.82) is 0 Å². The monoisotopic (exact) mass is 428 g/mol. The molecule has 0 radical (unpaired) electrons. The van der Waals surface area contributed by atoms with Crippen molar-refractivity contribution in [3.63, 3.8) is 0 Å². The molecule has 1 aromatic carbocycles. The second kappa shape index (κ2) is 6.80. The third-order valence-corrected chi connectivity index (χ3v) is 10.2. The number of hydrogen-bond acceptors (Lipinski definition) is 3. The molecule has 7 rings (SSSR count). The fourth-order valence-corrected chi connectivity index (χ4v) is 9.10. The van der Waals surface area contributed by atoms with E-state index in [-0.39, 0.29) is 11.5 Å². The third kappa shape index (κ3) is 3.05. The number of carbonyl (C=O) groups is 1. The van der Waals surface area contributed by atoms with Crippen molar-refractivity contribution in [2.24, 2.45) is 23.2 Å². The summed E-state index contributed by atoms with van der Waals surface area (Å²) in [6.07, 6.45) is 12.0. The van der Waals surface area contributed by atoms with E-state index in [1.807, 2.05) is 11.0 Å². The lowest BCUT2D eigenvalue weighted by Crippen LogP contribution is -2.54. The quantitative estimate of drug-likeness (QED) is 0.788. The summed E-state index contributed by atoms with van der Waals surface area (Å²) in [5, 5.41) is 0. The molecule has 6 heteroatoms. The van der Waals surface area contributed by atoms with Crippen LogP contribution in [-0.4, -0.2) is 26.9 Å². The highest BCUT2D eigenvalue weighted by atomic mass is 32.2. The van der Waals surface area contributed by atoms with Gasteiger partial charge >= 0.3 is 0 Å². The smallest absolute Gasteiger partial charge is 0.240 e. The lowest BCUT2D eigenvalue weighted by molar-refractivity contribution is -0.143. The van der Waals surface area contributed by atoms with Crippen LogP contribution in [0.2, 0.25) is 0 Å². The molecule has 0 spiro atoms. The van der Waals surface area contributed by atoms with Crippen molar-refractivity contribution in [2.75, 3.05) is 11.4 Å². The molecule has 5 aliphatic carbocycles. The first-order valence-electron chi connectivity index (χ1n) is 11.9. The Kier molecular flexibility index (Phi) is 4.37. The summed E-state index contributed by atoms with van der Waals surface area (Å²) >= 11 is 0. The van der Waals surface area contributed by atoms with Crippen LogP contribution < -0.4 is 9.62 Å². The van der Waals surface area contributed by atoms with Gasteiger partial charge in [-0.15, -0.1) is 0 Å². The van der Waals surface area contributed by atoms with Crippen LogP contribution in [0.25, 0.3) is 0 Å². The summed E-state index contributed by atoms with van der Waals surface area (Å²) < 4.78 is 28.6. The van der Waals surface area contributed by atoms with Crippen LogP contribution in [0.4, 0.5) is 5.69 Å². The molecule has 4 bridgehead atoms. The lowest BCUT2D eigenvalue weighted by atomic mass is 9.49. The molecular weight excluding hydrogens is 396 g/mol. The number of fused-ring (bicyclic) bond motifs is 1. The lowest BCUT2D eigenvalue weighted by Gasteiger charge is -2.56. The molecule has 0 aromatic heterocycles. The molecule has 30 heavy (non-hydrogen) atoms. The molecule has 5 saturated carbocycles. The molecule has 1 aliphatic heterocycles. The summed E-state index contributed by atoms with van der Waals surface area (Å²) in [6, 6.07) is 5.45. The minimum atomic E-state index is -3.49. The molecule has 162 valence electrons. The fraction of sp³-hybridized carbons (Fsp3) is 0.708. The van der Waals surface area contributed by atoms with E-state index in [1.165, 1.54) is 19.3 Å². The predicted octanol–water partition coefficient (Wildman–Crippen LogP) is 4.01. The van der Waals surface area contributed by atoms with Crippen molar-refractivity contribution < 1.29 is 13.2 Å². The Morgan fingerprint density at radius 2 is 1.63 bits per heavy atom. The number of sulfonamides is 1. The zero-order valence-electron chi connectivity index (χ0n) is 17.6. The Labute approximate surface area is 179 Å². The molecule has 5 nitrogen and oxygen atoms in total. The Hall–Kier alpha value is -1.40. The van der Waals surface area contributed by atoms with Gasteiger partial charge in [0.15, 0.2) is 0 Å². The van der Waals surface area contributed by atoms with Crippen LogP contribution in [0.3, 0.4) is 0 Å². The minimum absolute atomic E-state index is 0.0671. The maximum absolute atomic E-state index is 13.8. The minimum Gasteiger partial charge on any atom is -0.311 e. The number of anilines is 1. The van der Waals surface area contributed by atoms with E-state index in [4.69, 9.17) is 0 Å². The molecule has 1 aromatic rings. The molecule has 0 unspecified atom stereocenters. The first kappa shape index (κ1) is 19.3. The summed E-state index contributed by atoms with van der Waals surface area (Å²) in [5.41, 5.74) is 1.79. The average Bonchev–Trinajstić information content (AvgIpc) is 3.35. The summed E-state index contributed by atoms with van der Waals surface area (Å²) in [6.45, 7) is 0.690. The number of rotatable bonds is 4. The summed E-state index contributed by atoms with van der Waals surface area (Å²) in [5.74, 6) is 2.56. The van der Waals surface area contributed by atoms with Crippen molar-refractivity contribution in [3.8, 4) is 0 Å². The molecule has 0 saturated heterocycles. The largest absolute Gasteiger partial charge is 0.311 e. The van der Waals surface area contributed by atoms with Crippen LogP contribution in [0, 0.1) is 23.2 Å². The Bertz CT molecular complexity index is 945. The van der Waals surface area contributed by atoms with Crippen LogP contribution in [-0.2, 0) is 21.2 Å². The zero-order chi connectivity index (χ0) is 20.5. The molecule has 0 atom stereocenters. The third-order valence-electron chi connectivity index (χ3n) is 8.67. The average molecular weight is 429 g/mol. The van der Waals surface area contributed by atoms with Crippen LogP contribution in [0.1, 0.15) is 69.8 Å². The van der Waals surface area contributed by atoms with Crippen LogP contribution >= 0.6 is 0 Å². The van der Waals surface area contributed by atoms with Gasteiger partial charge in [-0.3, -0.25) is 4.79 Å².